The summed E-state index contributed by atoms with van der Waals surface area (Å²) in [6, 6.07) is 0. The Bertz CT molecular complexity index is 572. The van der Waals surface area contributed by atoms with Crippen LogP contribution in [0.1, 0.15) is 78.1 Å². The van der Waals surface area contributed by atoms with Crippen LogP contribution in [0.2, 0.25) is 0 Å². The van der Waals surface area contributed by atoms with E-state index in [2.05, 4.69) is 10.6 Å². The van der Waals surface area contributed by atoms with Crippen molar-refractivity contribution in [2.24, 2.45) is 23.7 Å². The van der Waals surface area contributed by atoms with Crippen LogP contribution >= 0.6 is 0 Å². The molecule has 0 spiro atoms. The SMILES string of the molecule is CCOC(=O)[C@@H](C(=O)NCCNC(=O)[C@@H](C(=O)OCC)C1CCCCC1)C1CCCCC1. The molecule has 2 atom stereocenters. The zero-order chi connectivity index (χ0) is 23.3. The van der Waals surface area contributed by atoms with Gasteiger partial charge in [-0.15, -0.1) is 0 Å². The summed E-state index contributed by atoms with van der Waals surface area (Å²) in [6.45, 7) is 4.32. The van der Waals surface area contributed by atoms with Crippen LogP contribution in [-0.2, 0) is 28.7 Å². The highest BCUT2D eigenvalue weighted by atomic mass is 16.5. The highest BCUT2D eigenvalue weighted by molar-refractivity contribution is 5.99. The molecule has 0 saturated heterocycles. The number of carbonyl (C=O) groups excluding carboxylic acids is 4. The van der Waals surface area contributed by atoms with Gasteiger partial charge in [-0.05, 0) is 51.4 Å². The Morgan fingerprint density at radius 3 is 1.31 bits per heavy atom. The van der Waals surface area contributed by atoms with E-state index in [1.54, 1.807) is 13.8 Å². The fourth-order valence-corrected chi connectivity index (χ4v) is 5.02. The first-order valence-corrected chi connectivity index (χ1v) is 12.4. The minimum atomic E-state index is -0.805. The van der Waals surface area contributed by atoms with Crippen LogP contribution in [0.25, 0.3) is 0 Å². The molecule has 182 valence electrons. The Morgan fingerprint density at radius 2 is 1.00 bits per heavy atom. The molecular formula is C24H40N2O6. The summed E-state index contributed by atoms with van der Waals surface area (Å²) in [5.41, 5.74) is 0. The molecule has 0 aromatic heterocycles. The van der Waals surface area contributed by atoms with Crippen molar-refractivity contribution >= 4 is 23.8 Å². The summed E-state index contributed by atoms with van der Waals surface area (Å²) < 4.78 is 10.3. The minimum Gasteiger partial charge on any atom is -0.465 e. The van der Waals surface area contributed by atoms with E-state index in [1.165, 1.54) is 0 Å². The van der Waals surface area contributed by atoms with Crippen LogP contribution in [0.15, 0.2) is 0 Å². The summed E-state index contributed by atoms with van der Waals surface area (Å²) >= 11 is 0. The van der Waals surface area contributed by atoms with E-state index in [1.807, 2.05) is 0 Å². The van der Waals surface area contributed by atoms with Crippen molar-refractivity contribution in [2.75, 3.05) is 26.3 Å². The number of esters is 2. The fourth-order valence-electron chi connectivity index (χ4n) is 5.02. The van der Waals surface area contributed by atoms with E-state index in [9.17, 15) is 19.2 Å². The lowest BCUT2D eigenvalue weighted by Gasteiger charge is -2.28. The van der Waals surface area contributed by atoms with Crippen LogP contribution in [0, 0.1) is 23.7 Å². The lowest BCUT2D eigenvalue weighted by molar-refractivity contribution is -0.157. The molecule has 2 aliphatic carbocycles. The molecule has 32 heavy (non-hydrogen) atoms. The maximum Gasteiger partial charge on any atom is 0.318 e. The monoisotopic (exact) mass is 452 g/mol. The molecule has 8 heteroatoms. The van der Waals surface area contributed by atoms with Gasteiger partial charge in [0.1, 0.15) is 11.8 Å². The van der Waals surface area contributed by atoms with Crippen molar-refractivity contribution in [3.8, 4) is 0 Å². The zero-order valence-corrected chi connectivity index (χ0v) is 19.7. The maximum atomic E-state index is 12.8. The van der Waals surface area contributed by atoms with Crippen molar-refractivity contribution in [2.45, 2.75) is 78.1 Å². The molecule has 2 amide bonds. The van der Waals surface area contributed by atoms with Crippen LogP contribution in [0.5, 0.6) is 0 Å². The molecule has 0 bridgehead atoms. The van der Waals surface area contributed by atoms with Crippen molar-refractivity contribution in [1.29, 1.82) is 0 Å². The number of hydrogen-bond donors (Lipinski definition) is 2. The first-order chi connectivity index (χ1) is 15.5. The number of amides is 2. The van der Waals surface area contributed by atoms with Gasteiger partial charge in [0.25, 0.3) is 0 Å². The highest BCUT2D eigenvalue weighted by Crippen LogP contribution is 2.32. The predicted molar refractivity (Wildman–Crippen MR) is 119 cm³/mol. The van der Waals surface area contributed by atoms with Crippen LogP contribution in [0.4, 0.5) is 0 Å². The topological polar surface area (TPSA) is 111 Å². The van der Waals surface area contributed by atoms with Gasteiger partial charge in [0, 0.05) is 13.1 Å². The molecule has 0 aromatic carbocycles. The number of nitrogens with one attached hydrogen (secondary N) is 2. The largest absolute Gasteiger partial charge is 0.465 e. The summed E-state index contributed by atoms with van der Waals surface area (Å²) in [5.74, 6) is -3.26. The van der Waals surface area contributed by atoms with Crippen molar-refractivity contribution in [3.05, 3.63) is 0 Å². The number of carbonyl (C=O) groups is 4. The van der Waals surface area contributed by atoms with Gasteiger partial charge in [0.2, 0.25) is 11.8 Å². The normalized spacial score (nSPS) is 19.4. The fraction of sp³-hybridized carbons (Fsp3) is 0.833. The van der Waals surface area contributed by atoms with E-state index in [-0.39, 0.29) is 50.0 Å². The second kappa shape index (κ2) is 14.1. The summed E-state index contributed by atoms with van der Waals surface area (Å²) in [6.07, 6.45) is 9.69. The third-order valence-electron chi connectivity index (χ3n) is 6.61. The molecule has 2 N–H and O–H groups in total. The van der Waals surface area contributed by atoms with Gasteiger partial charge in [-0.25, -0.2) is 0 Å². The number of ether oxygens (including phenoxy) is 2. The Labute approximate surface area is 191 Å². The third kappa shape index (κ3) is 7.78. The van der Waals surface area contributed by atoms with Crippen molar-refractivity contribution in [3.63, 3.8) is 0 Å². The van der Waals surface area contributed by atoms with Gasteiger partial charge >= 0.3 is 11.9 Å². The Balaban J connectivity index is 1.87. The first-order valence-electron chi connectivity index (χ1n) is 12.4. The predicted octanol–water partition coefficient (Wildman–Crippen LogP) is 2.74. The van der Waals surface area contributed by atoms with E-state index in [4.69, 9.17) is 9.47 Å². The zero-order valence-electron chi connectivity index (χ0n) is 19.7. The Morgan fingerprint density at radius 1 is 0.656 bits per heavy atom. The molecule has 0 aromatic rings. The Hall–Kier alpha value is -2.12. The molecule has 2 rings (SSSR count). The molecule has 0 heterocycles. The number of hydrogen-bond acceptors (Lipinski definition) is 6. The molecule has 2 aliphatic rings. The lowest BCUT2D eigenvalue weighted by atomic mass is 9.79. The molecule has 8 nitrogen and oxygen atoms in total. The van der Waals surface area contributed by atoms with Gasteiger partial charge in [-0.2, -0.15) is 0 Å². The highest BCUT2D eigenvalue weighted by Gasteiger charge is 2.38. The summed E-state index contributed by atoms with van der Waals surface area (Å²) in [4.78, 5) is 50.4. The maximum absolute atomic E-state index is 12.8. The van der Waals surface area contributed by atoms with E-state index >= 15 is 0 Å². The van der Waals surface area contributed by atoms with Gasteiger partial charge in [0.15, 0.2) is 0 Å². The van der Waals surface area contributed by atoms with Crippen LogP contribution in [0.3, 0.4) is 0 Å². The standard InChI is InChI=1S/C24H40N2O6/c1-3-31-23(29)19(17-11-7-5-8-12-17)21(27)25-15-16-26-22(28)20(24(30)32-4-2)18-13-9-6-10-14-18/h17-20H,3-16H2,1-2H3,(H,25,27)(H,26,28)/t19-,20+. The quantitative estimate of drug-likeness (QED) is 0.283. The molecule has 0 unspecified atom stereocenters. The van der Waals surface area contributed by atoms with Crippen LogP contribution in [-0.4, -0.2) is 50.1 Å². The molecule has 0 aliphatic heterocycles. The second-order valence-electron chi connectivity index (χ2n) is 8.84. The average Bonchev–Trinajstić information content (AvgIpc) is 2.79. The molecule has 2 saturated carbocycles. The summed E-state index contributed by atoms with van der Waals surface area (Å²) in [7, 11) is 0. The Kier molecular flexibility index (Phi) is 11.5. The molecular weight excluding hydrogens is 412 g/mol. The minimum absolute atomic E-state index is 0.00288. The van der Waals surface area contributed by atoms with Crippen molar-refractivity contribution < 1.29 is 28.7 Å². The van der Waals surface area contributed by atoms with E-state index in [0.29, 0.717) is 0 Å². The van der Waals surface area contributed by atoms with Gasteiger partial charge in [-0.1, -0.05) is 38.5 Å². The number of rotatable bonds is 11. The van der Waals surface area contributed by atoms with Gasteiger partial charge in [-0.3, -0.25) is 19.2 Å². The van der Waals surface area contributed by atoms with Crippen LogP contribution < -0.4 is 10.6 Å². The summed E-state index contributed by atoms with van der Waals surface area (Å²) in [5, 5.41) is 5.55. The van der Waals surface area contributed by atoms with E-state index in [0.717, 1.165) is 64.2 Å². The van der Waals surface area contributed by atoms with Gasteiger partial charge in [0.05, 0.1) is 13.2 Å². The average molecular weight is 453 g/mol. The second-order valence-corrected chi connectivity index (χ2v) is 8.84. The third-order valence-corrected chi connectivity index (χ3v) is 6.61. The van der Waals surface area contributed by atoms with Crippen molar-refractivity contribution in [1.82, 2.24) is 10.6 Å². The van der Waals surface area contributed by atoms with E-state index < -0.39 is 23.8 Å². The lowest BCUT2D eigenvalue weighted by Crippen LogP contribution is -2.46. The molecule has 2 fully saturated rings. The smallest absolute Gasteiger partial charge is 0.318 e. The van der Waals surface area contributed by atoms with Gasteiger partial charge < -0.3 is 20.1 Å². The molecule has 0 radical (unpaired) electrons. The first kappa shape index (κ1) is 26.1.